The summed E-state index contributed by atoms with van der Waals surface area (Å²) in [7, 11) is -3.52. The monoisotopic (exact) mass is 358 g/mol. The fourth-order valence-corrected chi connectivity index (χ4v) is 4.57. The highest BCUT2D eigenvalue weighted by Gasteiger charge is 2.31. The molecule has 1 unspecified atom stereocenters. The van der Waals surface area contributed by atoms with Crippen molar-refractivity contribution in [1.29, 1.82) is 0 Å². The van der Waals surface area contributed by atoms with Crippen LogP contribution >= 0.6 is 23.2 Å². The van der Waals surface area contributed by atoms with Gasteiger partial charge in [-0.15, -0.1) is 0 Å². The zero-order chi connectivity index (χ0) is 16.4. The molecule has 2 aromatic rings. The Morgan fingerprint density at radius 1 is 1.05 bits per heavy atom. The molecule has 0 aromatic heterocycles. The molecule has 0 bridgehead atoms. The van der Waals surface area contributed by atoms with Gasteiger partial charge in [0.15, 0.2) is 9.84 Å². The average molecular weight is 359 g/mol. The molecule has 0 saturated carbocycles. The summed E-state index contributed by atoms with van der Waals surface area (Å²) >= 11 is 11.8. The molecule has 0 aliphatic heterocycles. The summed E-state index contributed by atoms with van der Waals surface area (Å²) in [6, 6.07) is 13.3. The lowest BCUT2D eigenvalue weighted by molar-refractivity contribution is 0.0820. The third-order valence-corrected chi connectivity index (χ3v) is 5.61. The van der Waals surface area contributed by atoms with Gasteiger partial charge in [-0.2, -0.15) is 0 Å². The van der Waals surface area contributed by atoms with E-state index < -0.39 is 21.2 Å². The van der Waals surface area contributed by atoms with Crippen molar-refractivity contribution in [2.75, 3.05) is 5.75 Å². The van der Waals surface area contributed by atoms with Crippen LogP contribution in [0.1, 0.15) is 18.1 Å². The Bertz CT molecular complexity index is 753. The van der Waals surface area contributed by atoms with E-state index in [9.17, 15) is 13.5 Å². The van der Waals surface area contributed by atoms with E-state index in [-0.39, 0.29) is 5.75 Å². The Balaban J connectivity index is 2.20. The van der Waals surface area contributed by atoms with Crippen LogP contribution in [0, 0.1) is 0 Å². The SMILES string of the molecule is CC(O)(CS(=O)(=O)Cc1ccc(Cl)cc1)c1ccccc1Cl. The molecule has 0 heterocycles. The normalized spacial score (nSPS) is 14.5. The standard InChI is InChI=1S/C16H16Cl2O3S/c1-16(19,14-4-2-3-5-15(14)18)11-22(20,21)10-12-6-8-13(17)9-7-12/h2-9,19H,10-11H2,1H3. The van der Waals surface area contributed by atoms with Gasteiger partial charge < -0.3 is 5.11 Å². The molecule has 0 saturated heterocycles. The summed E-state index contributed by atoms with van der Waals surface area (Å²) in [6.07, 6.45) is 0. The van der Waals surface area contributed by atoms with Gasteiger partial charge in [-0.1, -0.05) is 53.5 Å². The summed E-state index contributed by atoms with van der Waals surface area (Å²) in [5.41, 5.74) is -0.528. The molecular formula is C16H16Cl2O3S. The average Bonchev–Trinajstić information content (AvgIpc) is 2.40. The van der Waals surface area contributed by atoms with Crippen LogP contribution in [-0.2, 0) is 21.2 Å². The second kappa shape index (κ2) is 6.59. The number of sulfone groups is 1. The maximum Gasteiger partial charge on any atom is 0.157 e. The second-order valence-electron chi connectivity index (χ2n) is 5.41. The van der Waals surface area contributed by atoms with Crippen LogP contribution in [0.25, 0.3) is 0 Å². The van der Waals surface area contributed by atoms with E-state index in [4.69, 9.17) is 23.2 Å². The van der Waals surface area contributed by atoms with Crippen molar-refractivity contribution in [2.45, 2.75) is 18.3 Å². The molecule has 0 aliphatic carbocycles. The summed E-state index contributed by atoms with van der Waals surface area (Å²) < 4.78 is 24.7. The van der Waals surface area contributed by atoms with Gasteiger partial charge in [0.1, 0.15) is 5.60 Å². The molecule has 0 spiro atoms. The molecule has 1 atom stereocenters. The van der Waals surface area contributed by atoms with Crippen LogP contribution in [0.15, 0.2) is 48.5 Å². The van der Waals surface area contributed by atoms with Crippen LogP contribution in [0.3, 0.4) is 0 Å². The smallest absolute Gasteiger partial charge is 0.157 e. The van der Waals surface area contributed by atoms with Gasteiger partial charge in [0.05, 0.1) is 11.5 Å². The molecule has 6 heteroatoms. The lowest BCUT2D eigenvalue weighted by atomic mass is 9.98. The van der Waals surface area contributed by atoms with Gasteiger partial charge in [0, 0.05) is 15.6 Å². The Morgan fingerprint density at radius 3 is 2.23 bits per heavy atom. The van der Waals surface area contributed by atoms with Crippen LogP contribution in [0.2, 0.25) is 10.0 Å². The van der Waals surface area contributed by atoms with Gasteiger partial charge in [-0.3, -0.25) is 0 Å². The quantitative estimate of drug-likeness (QED) is 0.883. The maximum atomic E-state index is 12.3. The van der Waals surface area contributed by atoms with E-state index in [0.717, 1.165) is 0 Å². The van der Waals surface area contributed by atoms with Crippen LogP contribution in [0.4, 0.5) is 0 Å². The van der Waals surface area contributed by atoms with Crippen molar-refractivity contribution < 1.29 is 13.5 Å². The number of benzene rings is 2. The molecule has 118 valence electrons. The first-order valence-electron chi connectivity index (χ1n) is 6.62. The Hall–Kier alpha value is -1.07. The predicted molar refractivity (Wildman–Crippen MR) is 90.0 cm³/mol. The molecule has 0 aliphatic rings. The molecule has 1 N–H and O–H groups in total. The minimum absolute atomic E-state index is 0.162. The highest BCUT2D eigenvalue weighted by atomic mass is 35.5. The predicted octanol–water partition coefficient (Wildman–Crippen LogP) is 3.82. The van der Waals surface area contributed by atoms with Crippen molar-refractivity contribution in [2.24, 2.45) is 0 Å². The van der Waals surface area contributed by atoms with Gasteiger partial charge >= 0.3 is 0 Å². The van der Waals surface area contributed by atoms with Crippen LogP contribution in [-0.4, -0.2) is 19.3 Å². The van der Waals surface area contributed by atoms with Crippen molar-refractivity contribution in [1.82, 2.24) is 0 Å². The van der Waals surface area contributed by atoms with E-state index in [1.807, 2.05) is 0 Å². The Morgan fingerprint density at radius 2 is 1.64 bits per heavy atom. The highest BCUT2D eigenvalue weighted by molar-refractivity contribution is 7.90. The van der Waals surface area contributed by atoms with Gasteiger partial charge in [0.25, 0.3) is 0 Å². The molecule has 2 rings (SSSR count). The summed E-state index contributed by atoms with van der Waals surface area (Å²) in [6.45, 7) is 1.45. The van der Waals surface area contributed by atoms with E-state index in [1.165, 1.54) is 6.92 Å². The minimum Gasteiger partial charge on any atom is -0.384 e. The van der Waals surface area contributed by atoms with E-state index in [0.29, 0.717) is 21.2 Å². The van der Waals surface area contributed by atoms with E-state index in [1.54, 1.807) is 48.5 Å². The van der Waals surface area contributed by atoms with Gasteiger partial charge in [0.2, 0.25) is 0 Å². The zero-order valence-corrected chi connectivity index (χ0v) is 14.3. The number of hydrogen-bond acceptors (Lipinski definition) is 3. The van der Waals surface area contributed by atoms with E-state index in [2.05, 4.69) is 0 Å². The topological polar surface area (TPSA) is 54.4 Å². The summed E-state index contributed by atoms with van der Waals surface area (Å²) in [4.78, 5) is 0. The lowest BCUT2D eigenvalue weighted by Crippen LogP contribution is -2.32. The number of hydrogen-bond donors (Lipinski definition) is 1. The van der Waals surface area contributed by atoms with E-state index >= 15 is 0 Å². The number of rotatable bonds is 5. The molecular weight excluding hydrogens is 343 g/mol. The fourth-order valence-electron chi connectivity index (χ4n) is 2.29. The Kier molecular flexibility index (Phi) is 5.17. The number of halogens is 2. The van der Waals surface area contributed by atoms with Gasteiger partial charge in [-0.25, -0.2) is 8.42 Å². The first-order chi connectivity index (χ1) is 10.2. The van der Waals surface area contributed by atoms with Crippen molar-refractivity contribution in [3.05, 3.63) is 69.7 Å². The molecule has 3 nitrogen and oxygen atoms in total. The lowest BCUT2D eigenvalue weighted by Gasteiger charge is -2.24. The number of aliphatic hydroxyl groups is 1. The first-order valence-corrected chi connectivity index (χ1v) is 9.20. The largest absolute Gasteiger partial charge is 0.384 e. The third-order valence-electron chi connectivity index (χ3n) is 3.25. The van der Waals surface area contributed by atoms with Gasteiger partial charge in [-0.05, 0) is 30.7 Å². The van der Waals surface area contributed by atoms with Crippen molar-refractivity contribution >= 4 is 33.0 Å². The van der Waals surface area contributed by atoms with Crippen LogP contribution < -0.4 is 0 Å². The van der Waals surface area contributed by atoms with Crippen molar-refractivity contribution in [3.8, 4) is 0 Å². The van der Waals surface area contributed by atoms with Crippen LogP contribution in [0.5, 0.6) is 0 Å². The zero-order valence-electron chi connectivity index (χ0n) is 12.0. The fraction of sp³-hybridized carbons (Fsp3) is 0.250. The summed E-state index contributed by atoms with van der Waals surface area (Å²) in [5.74, 6) is -0.572. The minimum atomic E-state index is -3.52. The molecule has 0 fully saturated rings. The molecule has 22 heavy (non-hydrogen) atoms. The van der Waals surface area contributed by atoms with Crippen molar-refractivity contribution in [3.63, 3.8) is 0 Å². The Labute approximate surface area is 140 Å². The molecule has 0 radical (unpaired) electrons. The summed E-state index contributed by atoms with van der Waals surface area (Å²) in [5, 5.41) is 11.4. The maximum absolute atomic E-state index is 12.3. The third kappa shape index (κ3) is 4.46. The highest BCUT2D eigenvalue weighted by Crippen LogP contribution is 2.29. The molecule has 0 amide bonds. The molecule has 2 aromatic carbocycles. The first kappa shape index (κ1) is 17.3. The second-order valence-corrected chi connectivity index (χ2v) is 8.32.